The summed E-state index contributed by atoms with van der Waals surface area (Å²) < 4.78 is 37.0. The summed E-state index contributed by atoms with van der Waals surface area (Å²) in [5.41, 5.74) is 1.37. The maximum Gasteiger partial charge on any atom is 0.401 e. The molecule has 1 aromatic carbocycles. The number of hydrogen-bond donors (Lipinski definition) is 1. The average Bonchev–Trinajstić information content (AvgIpc) is 3.20. The summed E-state index contributed by atoms with van der Waals surface area (Å²) in [6.07, 6.45) is -1.30. The summed E-state index contributed by atoms with van der Waals surface area (Å²) >= 11 is 0. The van der Waals surface area contributed by atoms with Crippen LogP contribution in [0.3, 0.4) is 0 Å². The molecule has 2 fully saturated rings. The van der Waals surface area contributed by atoms with Crippen molar-refractivity contribution >= 4 is 0 Å². The van der Waals surface area contributed by atoms with Crippen LogP contribution < -0.4 is 5.32 Å². The molecule has 1 aliphatic carbocycles. The zero-order valence-corrected chi connectivity index (χ0v) is 11.9. The molecule has 2 atom stereocenters. The van der Waals surface area contributed by atoms with Gasteiger partial charge in [-0.05, 0) is 37.9 Å². The van der Waals surface area contributed by atoms with Crippen molar-refractivity contribution in [3.8, 4) is 0 Å². The molecule has 1 aromatic rings. The first-order valence-electron chi connectivity index (χ1n) is 7.61. The van der Waals surface area contributed by atoms with Gasteiger partial charge in [-0.3, -0.25) is 4.90 Å². The van der Waals surface area contributed by atoms with Gasteiger partial charge >= 0.3 is 6.18 Å². The predicted octanol–water partition coefficient (Wildman–Crippen LogP) is 3.16. The van der Waals surface area contributed by atoms with Crippen LogP contribution >= 0.6 is 0 Å². The summed E-state index contributed by atoms with van der Waals surface area (Å²) in [5, 5.41) is 3.62. The van der Waals surface area contributed by atoms with Crippen molar-refractivity contribution in [1.29, 1.82) is 0 Å². The van der Waals surface area contributed by atoms with Gasteiger partial charge in [0.25, 0.3) is 0 Å². The van der Waals surface area contributed by atoms with Crippen LogP contribution in [0.5, 0.6) is 0 Å². The van der Waals surface area contributed by atoms with Gasteiger partial charge in [0, 0.05) is 18.0 Å². The zero-order valence-electron chi connectivity index (χ0n) is 11.9. The smallest absolute Gasteiger partial charge is 0.311 e. The van der Waals surface area contributed by atoms with Crippen molar-refractivity contribution in [3.63, 3.8) is 0 Å². The average molecular weight is 298 g/mol. The maximum absolute atomic E-state index is 12.3. The largest absolute Gasteiger partial charge is 0.401 e. The highest BCUT2D eigenvalue weighted by molar-refractivity contribution is 5.27. The minimum absolute atomic E-state index is 0.369. The first-order valence-corrected chi connectivity index (χ1v) is 7.61. The maximum atomic E-state index is 12.3. The van der Waals surface area contributed by atoms with Crippen molar-refractivity contribution in [2.75, 3.05) is 19.6 Å². The quantitative estimate of drug-likeness (QED) is 0.918. The lowest BCUT2D eigenvalue weighted by Gasteiger charge is -2.33. The molecule has 2 nitrogen and oxygen atoms in total. The Morgan fingerprint density at radius 2 is 1.76 bits per heavy atom. The van der Waals surface area contributed by atoms with Gasteiger partial charge in [-0.2, -0.15) is 13.2 Å². The molecular formula is C16H21F3N2. The van der Waals surface area contributed by atoms with E-state index in [9.17, 15) is 13.2 Å². The second-order valence-electron chi connectivity index (χ2n) is 6.19. The van der Waals surface area contributed by atoms with Crippen molar-refractivity contribution < 1.29 is 13.2 Å². The van der Waals surface area contributed by atoms with E-state index in [1.165, 1.54) is 10.5 Å². The molecule has 21 heavy (non-hydrogen) atoms. The number of nitrogens with one attached hydrogen (secondary N) is 1. The third kappa shape index (κ3) is 4.20. The molecule has 0 aromatic heterocycles. The molecule has 2 unspecified atom stereocenters. The molecule has 1 heterocycles. The molecule has 0 bridgehead atoms. The number of hydrogen-bond acceptors (Lipinski definition) is 2. The lowest BCUT2D eigenvalue weighted by atomic mass is 10.0. The highest BCUT2D eigenvalue weighted by Gasteiger charge is 2.40. The third-order valence-electron chi connectivity index (χ3n) is 4.46. The summed E-state index contributed by atoms with van der Waals surface area (Å²) in [6, 6.07) is 11.3. The molecule has 2 aliphatic rings. The Balaban J connectivity index is 1.41. The predicted molar refractivity (Wildman–Crippen MR) is 76.2 cm³/mol. The number of piperidine rings is 1. The number of alkyl halides is 3. The minimum atomic E-state index is -4.07. The Labute approximate surface area is 123 Å². The molecule has 1 saturated carbocycles. The Morgan fingerprint density at radius 1 is 1.10 bits per heavy atom. The van der Waals surface area contributed by atoms with E-state index < -0.39 is 12.7 Å². The number of nitrogens with zero attached hydrogens (tertiary/aromatic N) is 1. The number of rotatable bonds is 4. The van der Waals surface area contributed by atoms with E-state index in [1.54, 1.807) is 0 Å². The second kappa shape index (κ2) is 5.97. The molecule has 5 heteroatoms. The highest BCUT2D eigenvalue weighted by Crippen LogP contribution is 2.41. The Morgan fingerprint density at radius 3 is 2.38 bits per heavy atom. The lowest BCUT2D eigenvalue weighted by molar-refractivity contribution is -0.148. The molecule has 1 saturated heterocycles. The van der Waals surface area contributed by atoms with E-state index in [2.05, 4.69) is 29.6 Å². The van der Waals surface area contributed by atoms with Gasteiger partial charge in [0.1, 0.15) is 0 Å². The van der Waals surface area contributed by atoms with Crippen LogP contribution in [0.15, 0.2) is 30.3 Å². The van der Waals surface area contributed by atoms with Crippen molar-refractivity contribution in [2.45, 2.75) is 43.4 Å². The fourth-order valence-corrected chi connectivity index (χ4v) is 3.26. The number of benzene rings is 1. The fourth-order valence-electron chi connectivity index (χ4n) is 3.26. The van der Waals surface area contributed by atoms with Gasteiger partial charge in [0.05, 0.1) is 6.54 Å². The Bertz CT molecular complexity index is 452. The van der Waals surface area contributed by atoms with E-state index in [4.69, 9.17) is 0 Å². The van der Waals surface area contributed by atoms with Gasteiger partial charge in [0.15, 0.2) is 0 Å². The monoisotopic (exact) mass is 298 g/mol. The van der Waals surface area contributed by atoms with E-state index in [1.807, 2.05) is 6.07 Å². The molecule has 0 amide bonds. The minimum Gasteiger partial charge on any atom is -0.311 e. The number of halogens is 3. The van der Waals surface area contributed by atoms with Gasteiger partial charge in [-0.25, -0.2) is 0 Å². The molecule has 3 rings (SSSR count). The summed E-state index contributed by atoms with van der Waals surface area (Å²) in [4.78, 5) is 1.51. The first-order chi connectivity index (χ1) is 10.0. The standard InChI is InChI=1S/C16H21F3N2/c17-16(18,19)11-21-8-6-13(7-9-21)20-15-10-14(15)12-4-2-1-3-5-12/h1-5,13-15,20H,6-11H2. The Hall–Kier alpha value is -1.07. The molecule has 1 aliphatic heterocycles. The number of likely N-dealkylation sites (tertiary alicyclic amines) is 1. The van der Waals surface area contributed by atoms with Gasteiger partial charge in [0.2, 0.25) is 0 Å². The molecule has 0 radical (unpaired) electrons. The van der Waals surface area contributed by atoms with Crippen LogP contribution in [-0.4, -0.2) is 42.8 Å². The van der Waals surface area contributed by atoms with Gasteiger partial charge in [-0.15, -0.1) is 0 Å². The molecule has 116 valence electrons. The van der Waals surface area contributed by atoms with Gasteiger partial charge in [-0.1, -0.05) is 30.3 Å². The zero-order chi connectivity index (χ0) is 14.9. The van der Waals surface area contributed by atoms with E-state index in [0.29, 0.717) is 31.1 Å². The molecule has 0 spiro atoms. The van der Waals surface area contributed by atoms with Crippen LogP contribution in [-0.2, 0) is 0 Å². The molecule has 1 N–H and O–H groups in total. The van der Waals surface area contributed by atoms with Crippen LogP contribution in [0.2, 0.25) is 0 Å². The summed E-state index contributed by atoms with van der Waals surface area (Å²) in [7, 11) is 0. The SMILES string of the molecule is FC(F)(F)CN1CCC(NC2CC2c2ccccc2)CC1. The first kappa shape index (κ1) is 14.9. The van der Waals surface area contributed by atoms with Crippen LogP contribution in [0.1, 0.15) is 30.7 Å². The van der Waals surface area contributed by atoms with Crippen molar-refractivity contribution in [3.05, 3.63) is 35.9 Å². The second-order valence-corrected chi connectivity index (χ2v) is 6.19. The van der Waals surface area contributed by atoms with E-state index >= 15 is 0 Å². The van der Waals surface area contributed by atoms with Crippen LogP contribution in [0, 0.1) is 0 Å². The van der Waals surface area contributed by atoms with E-state index in [-0.39, 0.29) is 0 Å². The van der Waals surface area contributed by atoms with Crippen LogP contribution in [0.25, 0.3) is 0 Å². The highest BCUT2D eigenvalue weighted by atomic mass is 19.4. The van der Waals surface area contributed by atoms with Gasteiger partial charge < -0.3 is 5.32 Å². The van der Waals surface area contributed by atoms with Crippen molar-refractivity contribution in [1.82, 2.24) is 10.2 Å². The topological polar surface area (TPSA) is 15.3 Å². The third-order valence-corrected chi connectivity index (χ3v) is 4.46. The molecular weight excluding hydrogens is 277 g/mol. The Kier molecular flexibility index (Phi) is 4.22. The van der Waals surface area contributed by atoms with Crippen LogP contribution in [0.4, 0.5) is 13.2 Å². The van der Waals surface area contributed by atoms with Crippen molar-refractivity contribution in [2.24, 2.45) is 0 Å². The fraction of sp³-hybridized carbons (Fsp3) is 0.625. The summed E-state index contributed by atoms with van der Waals surface area (Å²) in [5.74, 6) is 0.583. The van der Waals surface area contributed by atoms with E-state index in [0.717, 1.165) is 19.3 Å². The lowest BCUT2D eigenvalue weighted by Crippen LogP contribution is -2.46. The normalized spacial score (nSPS) is 27.8. The summed E-state index contributed by atoms with van der Waals surface area (Å²) in [6.45, 7) is 0.315.